The maximum Gasteiger partial charge on any atom is 0.232 e. The van der Waals surface area contributed by atoms with Gasteiger partial charge in [-0.15, -0.1) is 0 Å². The molecule has 2 aliphatic rings. The summed E-state index contributed by atoms with van der Waals surface area (Å²) in [5, 5.41) is 4.40. The van der Waals surface area contributed by atoms with Gasteiger partial charge >= 0.3 is 0 Å². The largest absolute Gasteiger partial charge is 0.471 e. The molecule has 0 radical (unpaired) electrons. The number of hydrogen-bond acceptors (Lipinski definition) is 4. The maximum absolute atomic E-state index is 6.29. The van der Waals surface area contributed by atoms with Gasteiger partial charge in [-0.25, -0.2) is 0 Å². The van der Waals surface area contributed by atoms with Crippen LogP contribution in [-0.2, 0) is 14.3 Å². The second-order valence-electron chi connectivity index (χ2n) is 7.23. The Morgan fingerprint density at radius 1 is 1.23 bits per heavy atom. The first-order valence-electron chi connectivity index (χ1n) is 9.07. The lowest BCUT2D eigenvalue weighted by Gasteiger charge is -2.45. The highest BCUT2D eigenvalue weighted by atomic mass is 16.7. The van der Waals surface area contributed by atoms with E-state index in [0.29, 0.717) is 18.4 Å². The van der Waals surface area contributed by atoms with E-state index in [-0.39, 0.29) is 11.5 Å². The zero-order valence-corrected chi connectivity index (χ0v) is 14.8. The van der Waals surface area contributed by atoms with E-state index in [1.54, 1.807) is 0 Å². The van der Waals surface area contributed by atoms with Gasteiger partial charge in [0, 0.05) is 13.2 Å². The summed E-state index contributed by atoms with van der Waals surface area (Å²) in [4.78, 5) is 5.54. The Balaban J connectivity index is 2.30. The Morgan fingerprint density at radius 3 is 2.55 bits per heavy atom. The Morgan fingerprint density at radius 2 is 1.95 bits per heavy atom. The standard InChI is InChI=1S/C18H33NO3/c1-5-9-18(12-14(3)4,15-7-10-20-11-8-15)17-19-21-13-16(6-2)22-17/h14-16H,5-13H2,1-4H3. The van der Waals surface area contributed by atoms with Crippen LogP contribution in [0.3, 0.4) is 0 Å². The van der Waals surface area contributed by atoms with Crippen LogP contribution in [0.25, 0.3) is 0 Å². The summed E-state index contributed by atoms with van der Waals surface area (Å²) in [6.45, 7) is 11.3. The topological polar surface area (TPSA) is 40.0 Å². The van der Waals surface area contributed by atoms with Gasteiger partial charge in [-0.3, -0.25) is 0 Å². The van der Waals surface area contributed by atoms with Gasteiger partial charge in [-0.1, -0.05) is 39.3 Å². The molecule has 1 saturated heterocycles. The lowest BCUT2D eigenvalue weighted by atomic mass is 9.64. The molecule has 2 rings (SSSR count). The van der Waals surface area contributed by atoms with E-state index < -0.39 is 0 Å². The number of ether oxygens (including phenoxy) is 2. The summed E-state index contributed by atoms with van der Waals surface area (Å²) in [5.74, 6) is 2.07. The third-order valence-electron chi connectivity index (χ3n) is 5.04. The molecule has 0 aromatic heterocycles. The van der Waals surface area contributed by atoms with Crippen LogP contribution in [0.1, 0.15) is 66.2 Å². The molecule has 4 heteroatoms. The highest BCUT2D eigenvalue weighted by molar-refractivity contribution is 5.83. The molecule has 0 spiro atoms. The van der Waals surface area contributed by atoms with Gasteiger partial charge in [0.1, 0.15) is 6.10 Å². The Hall–Kier alpha value is -0.770. The smallest absolute Gasteiger partial charge is 0.232 e. The highest BCUT2D eigenvalue weighted by Gasteiger charge is 2.47. The number of oxime groups is 1. The van der Waals surface area contributed by atoms with E-state index in [9.17, 15) is 0 Å². The molecule has 2 atom stereocenters. The van der Waals surface area contributed by atoms with E-state index in [1.165, 1.54) is 0 Å². The van der Waals surface area contributed by atoms with Crippen molar-refractivity contribution >= 4 is 5.90 Å². The van der Waals surface area contributed by atoms with Gasteiger partial charge in [0.05, 0.1) is 5.41 Å². The molecular weight excluding hydrogens is 278 g/mol. The predicted molar refractivity (Wildman–Crippen MR) is 88.9 cm³/mol. The molecule has 22 heavy (non-hydrogen) atoms. The van der Waals surface area contributed by atoms with Crippen molar-refractivity contribution in [2.45, 2.75) is 72.3 Å². The molecule has 0 bridgehead atoms. The fourth-order valence-corrected chi connectivity index (χ4v) is 4.07. The van der Waals surface area contributed by atoms with Crippen LogP contribution in [0.15, 0.2) is 5.16 Å². The second kappa shape index (κ2) is 8.19. The Kier molecular flexibility index (Phi) is 6.54. The number of nitrogens with zero attached hydrogens (tertiary/aromatic N) is 1. The summed E-state index contributed by atoms with van der Waals surface area (Å²) in [7, 11) is 0. The minimum atomic E-state index is 0.0144. The molecule has 1 fully saturated rings. The minimum absolute atomic E-state index is 0.0144. The molecule has 0 aromatic carbocycles. The Bertz CT molecular complexity index is 363. The zero-order valence-electron chi connectivity index (χ0n) is 14.8. The van der Waals surface area contributed by atoms with Crippen molar-refractivity contribution in [3.05, 3.63) is 0 Å². The van der Waals surface area contributed by atoms with Crippen LogP contribution in [0.4, 0.5) is 0 Å². The van der Waals surface area contributed by atoms with Crippen LogP contribution in [0.5, 0.6) is 0 Å². The number of hydrogen-bond donors (Lipinski definition) is 0. The second-order valence-corrected chi connectivity index (χ2v) is 7.23. The Labute approximate surface area is 135 Å². The molecule has 0 aromatic rings. The van der Waals surface area contributed by atoms with E-state index in [2.05, 4.69) is 32.9 Å². The normalized spacial score (nSPS) is 26.0. The molecule has 2 unspecified atom stereocenters. The zero-order chi connectivity index (χ0) is 16.0. The first-order valence-corrected chi connectivity index (χ1v) is 9.07. The van der Waals surface area contributed by atoms with E-state index >= 15 is 0 Å². The van der Waals surface area contributed by atoms with Gasteiger partial charge in [-0.05, 0) is 43.9 Å². The van der Waals surface area contributed by atoms with Crippen molar-refractivity contribution in [3.63, 3.8) is 0 Å². The van der Waals surface area contributed by atoms with Gasteiger partial charge in [0.25, 0.3) is 0 Å². The van der Waals surface area contributed by atoms with Gasteiger partial charge in [0.2, 0.25) is 5.90 Å². The fourth-order valence-electron chi connectivity index (χ4n) is 4.07. The molecule has 2 aliphatic heterocycles. The first-order chi connectivity index (χ1) is 10.6. The summed E-state index contributed by atoms with van der Waals surface area (Å²) in [5.41, 5.74) is 0.0144. The molecule has 0 saturated carbocycles. The summed E-state index contributed by atoms with van der Waals surface area (Å²) < 4.78 is 11.9. The average Bonchev–Trinajstić information content (AvgIpc) is 2.55. The average molecular weight is 311 g/mol. The molecule has 128 valence electrons. The van der Waals surface area contributed by atoms with Crippen molar-refractivity contribution < 1.29 is 14.3 Å². The monoisotopic (exact) mass is 311 g/mol. The van der Waals surface area contributed by atoms with Crippen molar-refractivity contribution in [2.24, 2.45) is 22.4 Å². The van der Waals surface area contributed by atoms with Crippen molar-refractivity contribution in [3.8, 4) is 0 Å². The van der Waals surface area contributed by atoms with Gasteiger partial charge in [-0.2, -0.15) is 0 Å². The van der Waals surface area contributed by atoms with Crippen LogP contribution in [-0.4, -0.2) is 31.8 Å². The predicted octanol–water partition coefficient (Wildman–Crippen LogP) is 4.38. The van der Waals surface area contributed by atoms with Crippen molar-refractivity contribution in [2.75, 3.05) is 19.8 Å². The van der Waals surface area contributed by atoms with Crippen molar-refractivity contribution in [1.82, 2.24) is 0 Å². The highest BCUT2D eigenvalue weighted by Crippen LogP contribution is 2.46. The van der Waals surface area contributed by atoms with Gasteiger partial charge in [0.15, 0.2) is 6.61 Å². The molecule has 0 aliphatic carbocycles. The molecule has 2 heterocycles. The maximum atomic E-state index is 6.29. The van der Waals surface area contributed by atoms with E-state index in [0.717, 1.165) is 57.6 Å². The molecular formula is C18H33NO3. The summed E-state index contributed by atoms with van der Waals surface area (Å²) in [6.07, 6.45) is 6.70. The van der Waals surface area contributed by atoms with Crippen LogP contribution in [0, 0.1) is 17.3 Å². The molecule has 0 N–H and O–H groups in total. The van der Waals surface area contributed by atoms with E-state index in [4.69, 9.17) is 14.3 Å². The number of rotatable bonds is 7. The fraction of sp³-hybridized carbons (Fsp3) is 0.944. The third-order valence-corrected chi connectivity index (χ3v) is 5.04. The van der Waals surface area contributed by atoms with E-state index in [1.807, 2.05) is 0 Å². The van der Waals surface area contributed by atoms with Crippen LogP contribution < -0.4 is 0 Å². The van der Waals surface area contributed by atoms with Gasteiger partial charge < -0.3 is 14.3 Å². The molecule has 4 nitrogen and oxygen atoms in total. The SMILES string of the molecule is CCCC(CC(C)C)(C1=NOCC(CC)O1)C1CCOCC1. The summed E-state index contributed by atoms with van der Waals surface area (Å²) in [6, 6.07) is 0. The summed E-state index contributed by atoms with van der Waals surface area (Å²) >= 11 is 0. The van der Waals surface area contributed by atoms with Crippen LogP contribution >= 0.6 is 0 Å². The van der Waals surface area contributed by atoms with Crippen molar-refractivity contribution in [1.29, 1.82) is 0 Å². The minimum Gasteiger partial charge on any atom is -0.471 e. The van der Waals surface area contributed by atoms with Crippen LogP contribution in [0.2, 0.25) is 0 Å². The third kappa shape index (κ3) is 3.95. The lowest BCUT2D eigenvalue weighted by Crippen LogP contribution is -2.46. The quantitative estimate of drug-likeness (QED) is 0.700. The first kappa shape index (κ1) is 17.6. The molecule has 0 amide bonds. The lowest BCUT2D eigenvalue weighted by molar-refractivity contribution is -0.0324.